The Bertz CT molecular complexity index is 1320. The Morgan fingerprint density at radius 2 is 1.91 bits per heavy atom. The Morgan fingerprint density at radius 3 is 2.71 bits per heavy atom. The summed E-state index contributed by atoms with van der Waals surface area (Å²) in [4.78, 5) is 33.7. The normalized spacial score (nSPS) is 13.5. The number of fused-ring (bicyclic) bond motifs is 2. The minimum absolute atomic E-state index is 0.153. The van der Waals surface area contributed by atoms with Gasteiger partial charge in [0.25, 0.3) is 0 Å². The van der Waals surface area contributed by atoms with Crippen LogP contribution in [0.2, 0.25) is 0 Å². The number of para-hydroxylation sites is 1. The molecule has 6 nitrogen and oxygen atoms in total. The van der Waals surface area contributed by atoms with Gasteiger partial charge in [0.1, 0.15) is 5.00 Å². The molecule has 2 aromatic carbocycles. The van der Waals surface area contributed by atoms with E-state index in [1.165, 1.54) is 28.7 Å². The van der Waals surface area contributed by atoms with Crippen LogP contribution in [0.4, 0.5) is 5.00 Å². The molecule has 1 amide bonds. The highest BCUT2D eigenvalue weighted by Gasteiger charge is 2.29. The first-order chi connectivity index (χ1) is 17.1. The standard InChI is InChI=1S/C26H25N3O3S3/c1-2-32-25(31)23-18-12-13-29(14-17-8-4-3-5-9-17)15-21(18)34-24(23)28-22(30)16-33-26-27-19-10-6-7-11-20(19)35-26/h3-11H,2,12-16H2,1H3,(H,28,30). The molecule has 0 atom stereocenters. The summed E-state index contributed by atoms with van der Waals surface area (Å²) in [6.45, 7) is 4.55. The maximum atomic E-state index is 12.8. The number of anilines is 1. The van der Waals surface area contributed by atoms with Crippen molar-refractivity contribution in [3.8, 4) is 0 Å². The molecule has 0 spiro atoms. The summed E-state index contributed by atoms with van der Waals surface area (Å²) in [5.74, 6) is -0.291. The highest BCUT2D eigenvalue weighted by atomic mass is 32.2. The number of aromatic nitrogens is 1. The van der Waals surface area contributed by atoms with Crippen LogP contribution in [0.25, 0.3) is 10.2 Å². The van der Waals surface area contributed by atoms with Crippen LogP contribution in [0.5, 0.6) is 0 Å². The third-order valence-electron chi connectivity index (χ3n) is 5.72. The van der Waals surface area contributed by atoms with Gasteiger partial charge in [-0.05, 0) is 36.6 Å². The molecular weight excluding hydrogens is 499 g/mol. The molecule has 1 aliphatic rings. The number of hydrogen-bond acceptors (Lipinski definition) is 8. The van der Waals surface area contributed by atoms with Gasteiger partial charge in [-0.1, -0.05) is 54.2 Å². The van der Waals surface area contributed by atoms with Crippen LogP contribution in [-0.4, -0.2) is 40.7 Å². The van der Waals surface area contributed by atoms with E-state index in [1.807, 2.05) is 30.3 Å². The lowest BCUT2D eigenvalue weighted by Gasteiger charge is -2.27. The van der Waals surface area contributed by atoms with Crippen molar-refractivity contribution in [3.05, 3.63) is 76.2 Å². The number of thiazole rings is 1. The third-order valence-corrected chi connectivity index (χ3v) is 9.03. The first-order valence-corrected chi connectivity index (χ1v) is 14.1. The Morgan fingerprint density at radius 1 is 1.11 bits per heavy atom. The fourth-order valence-corrected chi connectivity index (χ4v) is 7.31. The second kappa shape index (κ2) is 10.9. The van der Waals surface area contributed by atoms with Crippen LogP contribution in [0.1, 0.15) is 33.3 Å². The van der Waals surface area contributed by atoms with Crippen molar-refractivity contribution >= 4 is 61.5 Å². The van der Waals surface area contributed by atoms with Crippen LogP contribution in [-0.2, 0) is 29.0 Å². The smallest absolute Gasteiger partial charge is 0.341 e. The van der Waals surface area contributed by atoms with Gasteiger partial charge in [0.05, 0.1) is 28.1 Å². The number of amides is 1. The number of nitrogens with one attached hydrogen (secondary N) is 1. The lowest BCUT2D eigenvalue weighted by atomic mass is 10.0. The summed E-state index contributed by atoms with van der Waals surface area (Å²) in [6.07, 6.45) is 0.753. The van der Waals surface area contributed by atoms with Crippen LogP contribution >= 0.6 is 34.4 Å². The van der Waals surface area contributed by atoms with Crippen LogP contribution < -0.4 is 5.32 Å². The van der Waals surface area contributed by atoms with Crippen LogP contribution in [0.15, 0.2) is 58.9 Å². The topological polar surface area (TPSA) is 71.5 Å². The van der Waals surface area contributed by atoms with Crippen LogP contribution in [0, 0.1) is 0 Å². The van der Waals surface area contributed by atoms with E-state index in [0.29, 0.717) is 17.2 Å². The molecule has 180 valence electrons. The SMILES string of the molecule is CCOC(=O)c1c(NC(=O)CSc2nc3ccccc3s2)sc2c1CCN(Cc1ccccc1)C2. The quantitative estimate of drug-likeness (QED) is 0.232. The Kier molecular flexibility index (Phi) is 7.48. The fraction of sp³-hybridized carbons (Fsp3) is 0.269. The molecule has 3 heterocycles. The molecule has 9 heteroatoms. The predicted molar refractivity (Wildman–Crippen MR) is 144 cm³/mol. The zero-order chi connectivity index (χ0) is 24.2. The lowest BCUT2D eigenvalue weighted by Crippen LogP contribution is -2.30. The Balaban J connectivity index is 1.30. The minimum Gasteiger partial charge on any atom is -0.462 e. The van der Waals surface area contributed by atoms with Gasteiger partial charge < -0.3 is 10.1 Å². The number of thiophene rings is 1. The molecule has 4 aromatic rings. The molecule has 35 heavy (non-hydrogen) atoms. The number of carbonyl (C=O) groups excluding carboxylic acids is 2. The largest absolute Gasteiger partial charge is 0.462 e. The monoisotopic (exact) mass is 523 g/mol. The minimum atomic E-state index is -0.365. The van der Waals surface area contributed by atoms with E-state index in [9.17, 15) is 9.59 Å². The van der Waals surface area contributed by atoms with Crippen molar-refractivity contribution < 1.29 is 14.3 Å². The lowest BCUT2D eigenvalue weighted by molar-refractivity contribution is -0.113. The van der Waals surface area contributed by atoms with Crippen molar-refractivity contribution in [2.45, 2.75) is 30.8 Å². The number of ether oxygens (including phenoxy) is 1. The number of thioether (sulfide) groups is 1. The molecule has 1 aliphatic heterocycles. The van der Waals surface area contributed by atoms with Gasteiger partial charge in [-0.25, -0.2) is 9.78 Å². The van der Waals surface area contributed by atoms with Crippen molar-refractivity contribution in [2.24, 2.45) is 0 Å². The first-order valence-electron chi connectivity index (χ1n) is 11.5. The number of esters is 1. The molecule has 2 aromatic heterocycles. The maximum Gasteiger partial charge on any atom is 0.341 e. The molecule has 0 fully saturated rings. The second-order valence-electron chi connectivity index (χ2n) is 8.16. The number of nitrogens with zero attached hydrogens (tertiary/aromatic N) is 2. The summed E-state index contributed by atoms with van der Waals surface area (Å²) in [5.41, 5.74) is 3.73. The zero-order valence-corrected chi connectivity index (χ0v) is 21.7. The van der Waals surface area contributed by atoms with Crippen molar-refractivity contribution in [1.82, 2.24) is 9.88 Å². The van der Waals surface area contributed by atoms with Crippen LogP contribution in [0.3, 0.4) is 0 Å². The highest BCUT2D eigenvalue weighted by molar-refractivity contribution is 8.01. The number of hydrogen-bond donors (Lipinski definition) is 1. The molecule has 0 bridgehead atoms. The molecule has 0 radical (unpaired) electrons. The van der Waals surface area contributed by atoms with Crippen molar-refractivity contribution in [1.29, 1.82) is 0 Å². The molecule has 0 unspecified atom stereocenters. The van der Waals surface area contributed by atoms with Gasteiger partial charge in [0.2, 0.25) is 5.91 Å². The predicted octanol–water partition coefficient (Wildman–Crippen LogP) is 5.82. The second-order valence-corrected chi connectivity index (χ2v) is 11.5. The molecule has 0 saturated carbocycles. The average molecular weight is 524 g/mol. The van der Waals surface area contributed by atoms with Gasteiger partial charge in [0, 0.05) is 24.5 Å². The molecule has 5 rings (SSSR count). The Labute approximate surface area is 216 Å². The number of carbonyl (C=O) groups is 2. The zero-order valence-electron chi connectivity index (χ0n) is 19.3. The molecule has 1 N–H and O–H groups in total. The van der Waals surface area contributed by atoms with Crippen molar-refractivity contribution in [3.63, 3.8) is 0 Å². The van der Waals surface area contributed by atoms with E-state index < -0.39 is 0 Å². The highest BCUT2D eigenvalue weighted by Crippen LogP contribution is 2.38. The average Bonchev–Trinajstić information content (AvgIpc) is 3.44. The summed E-state index contributed by atoms with van der Waals surface area (Å²) >= 11 is 4.48. The summed E-state index contributed by atoms with van der Waals surface area (Å²) in [7, 11) is 0. The van der Waals surface area contributed by atoms with Gasteiger partial charge >= 0.3 is 5.97 Å². The Hall–Kier alpha value is -2.72. The van der Waals surface area contributed by atoms with E-state index in [2.05, 4.69) is 39.5 Å². The molecular formula is C26H25N3O3S3. The number of benzene rings is 2. The number of rotatable bonds is 8. The van der Waals surface area contributed by atoms with E-state index in [-0.39, 0.29) is 17.6 Å². The van der Waals surface area contributed by atoms with E-state index in [0.717, 1.165) is 51.1 Å². The molecule has 0 aliphatic carbocycles. The first kappa shape index (κ1) is 24.0. The van der Waals surface area contributed by atoms with Gasteiger partial charge in [-0.2, -0.15) is 0 Å². The summed E-state index contributed by atoms with van der Waals surface area (Å²) in [6, 6.07) is 18.3. The van der Waals surface area contributed by atoms with Gasteiger partial charge in [0.15, 0.2) is 4.34 Å². The third kappa shape index (κ3) is 5.59. The van der Waals surface area contributed by atoms with Crippen molar-refractivity contribution in [2.75, 3.05) is 24.2 Å². The van der Waals surface area contributed by atoms with E-state index in [1.54, 1.807) is 18.3 Å². The molecule has 0 saturated heterocycles. The summed E-state index contributed by atoms with van der Waals surface area (Å²) in [5, 5.41) is 3.58. The van der Waals surface area contributed by atoms with E-state index in [4.69, 9.17) is 4.74 Å². The van der Waals surface area contributed by atoms with Gasteiger partial charge in [-0.15, -0.1) is 22.7 Å². The van der Waals surface area contributed by atoms with E-state index >= 15 is 0 Å². The maximum absolute atomic E-state index is 12.8. The summed E-state index contributed by atoms with van der Waals surface area (Å²) < 4.78 is 7.31. The van der Waals surface area contributed by atoms with Gasteiger partial charge in [-0.3, -0.25) is 9.69 Å². The fourth-order valence-electron chi connectivity index (χ4n) is 4.14.